The van der Waals surface area contributed by atoms with Crippen LogP contribution in [0.3, 0.4) is 0 Å². The third-order valence-electron chi connectivity index (χ3n) is 2.18. The lowest BCUT2D eigenvalue weighted by atomic mass is 10.1. The lowest BCUT2D eigenvalue weighted by molar-refractivity contribution is 0.0528. The van der Waals surface area contributed by atoms with Gasteiger partial charge in [0.25, 0.3) is 0 Å². The third-order valence-corrected chi connectivity index (χ3v) is 2.18. The second-order valence-electron chi connectivity index (χ2n) is 3.12. The van der Waals surface area contributed by atoms with Gasteiger partial charge in [0.1, 0.15) is 0 Å². The lowest BCUT2D eigenvalue weighted by Crippen LogP contribution is -2.05. The van der Waals surface area contributed by atoms with Crippen LogP contribution in [0.25, 0.3) is 10.8 Å². The van der Waals surface area contributed by atoms with E-state index in [1.807, 2.05) is 18.2 Å². The maximum Gasteiger partial charge on any atom is 0.338 e. The van der Waals surface area contributed by atoms with E-state index in [1.165, 1.54) is 0 Å². The quantitative estimate of drug-likeness (QED) is 0.700. The molecule has 0 spiro atoms. The van der Waals surface area contributed by atoms with Gasteiger partial charge in [0.05, 0.1) is 12.2 Å². The fourth-order valence-electron chi connectivity index (χ4n) is 1.50. The van der Waals surface area contributed by atoms with Gasteiger partial charge in [-0.25, -0.2) is 4.79 Å². The number of rotatable bonds is 2. The highest BCUT2D eigenvalue weighted by Crippen LogP contribution is 2.17. The summed E-state index contributed by atoms with van der Waals surface area (Å²) in [6, 6.07) is 7.41. The molecule has 0 bridgehead atoms. The number of nitrogens with zero attached hydrogens (tertiary/aromatic N) is 1. The Morgan fingerprint density at radius 1 is 1.40 bits per heavy atom. The molecule has 1 heterocycles. The Morgan fingerprint density at radius 3 is 3.07 bits per heavy atom. The smallest absolute Gasteiger partial charge is 0.338 e. The number of aromatic nitrogens is 1. The molecule has 0 atom stereocenters. The molecule has 76 valence electrons. The number of carbonyl (C=O) groups is 1. The van der Waals surface area contributed by atoms with E-state index in [0.29, 0.717) is 12.2 Å². The van der Waals surface area contributed by atoms with E-state index in [2.05, 4.69) is 4.98 Å². The molecule has 0 amide bonds. The summed E-state index contributed by atoms with van der Waals surface area (Å²) < 4.78 is 4.97. The van der Waals surface area contributed by atoms with Crippen molar-refractivity contribution in [3.63, 3.8) is 0 Å². The molecule has 0 radical (unpaired) electrons. The Morgan fingerprint density at radius 2 is 2.27 bits per heavy atom. The molecule has 0 unspecified atom stereocenters. The highest BCUT2D eigenvalue weighted by molar-refractivity contribution is 6.04. The molecule has 2 aromatic rings. The normalized spacial score (nSPS) is 10.2. The number of pyridine rings is 1. The summed E-state index contributed by atoms with van der Waals surface area (Å²) in [6.07, 6.45) is 3.39. The summed E-state index contributed by atoms with van der Waals surface area (Å²) >= 11 is 0. The van der Waals surface area contributed by atoms with Crippen molar-refractivity contribution in [3.05, 3.63) is 42.2 Å². The minimum absolute atomic E-state index is 0.295. The van der Waals surface area contributed by atoms with Crippen LogP contribution in [-0.2, 0) is 4.74 Å². The van der Waals surface area contributed by atoms with Crippen molar-refractivity contribution in [3.8, 4) is 0 Å². The largest absolute Gasteiger partial charge is 0.462 e. The molecule has 1 aromatic heterocycles. The van der Waals surface area contributed by atoms with E-state index in [-0.39, 0.29) is 5.97 Å². The van der Waals surface area contributed by atoms with E-state index in [4.69, 9.17) is 4.74 Å². The van der Waals surface area contributed by atoms with Gasteiger partial charge in [0, 0.05) is 17.8 Å². The molecular weight excluding hydrogens is 190 g/mol. The molecule has 0 aliphatic rings. The Bertz CT molecular complexity index is 488. The summed E-state index contributed by atoms with van der Waals surface area (Å²) in [6.45, 7) is 2.18. The van der Waals surface area contributed by atoms with Gasteiger partial charge in [-0.05, 0) is 24.4 Å². The molecule has 0 fully saturated rings. The number of fused-ring (bicyclic) bond motifs is 1. The highest BCUT2D eigenvalue weighted by atomic mass is 16.5. The number of carbonyl (C=O) groups excluding carboxylic acids is 1. The predicted molar refractivity (Wildman–Crippen MR) is 57.7 cm³/mol. The van der Waals surface area contributed by atoms with Gasteiger partial charge < -0.3 is 4.74 Å². The third kappa shape index (κ3) is 1.81. The summed E-state index contributed by atoms with van der Waals surface area (Å²) in [5, 5.41) is 1.83. The van der Waals surface area contributed by atoms with Gasteiger partial charge in [0.15, 0.2) is 0 Å². The molecule has 0 aliphatic carbocycles. The van der Waals surface area contributed by atoms with Gasteiger partial charge in [-0.2, -0.15) is 0 Å². The highest BCUT2D eigenvalue weighted by Gasteiger charge is 2.09. The van der Waals surface area contributed by atoms with Crippen molar-refractivity contribution in [2.45, 2.75) is 6.92 Å². The maximum atomic E-state index is 11.6. The average Bonchev–Trinajstić information content (AvgIpc) is 2.28. The number of ether oxygens (including phenoxy) is 1. The van der Waals surface area contributed by atoms with Crippen LogP contribution < -0.4 is 0 Å². The Kier molecular flexibility index (Phi) is 2.63. The molecule has 15 heavy (non-hydrogen) atoms. The zero-order valence-electron chi connectivity index (χ0n) is 8.43. The van der Waals surface area contributed by atoms with Gasteiger partial charge in [-0.1, -0.05) is 12.1 Å². The predicted octanol–water partition coefficient (Wildman–Crippen LogP) is 2.41. The fraction of sp³-hybridized carbons (Fsp3) is 0.167. The topological polar surface area (TPSA) is 39.2 Å². The van der Waals surface area contributed by atoms with Crippen LogP contribution in [-0.4, -0.2) is 17.6 Å². The van der Waals surface area contributed by atoms with Crippen LogP contribution in [0.5, 0.6) is 0 Å². The first-order chi connectivity index (χ1) is 7.33. The molecule has 0 N–H and O–H groups in total. The van der Waals surface area contributed by atoms with Crippen molar-refractivity contribution in [2.75, 3.05) is 6.61 Å². The number of hydrogen-bond acceptors (Lipinski definition) is 3. The Balaban J connectivity index is 2.56. The summed E-state index contributed by atoms with van der Waals surface area (Å²) in [5.41, 5.74) is 0.572. The van der Waals surface area contributed by atoms with Crippen molar-refractivity contribution < 1.29 is 9.53 Å². The maximum absolute atomic E-state index is 11.6. The van der Waals surface area contributed by atoms with Crippen molar-refractivity contribution in [1.29, 1.82) is 0 Å². The molecule has 1 aromatic carbocycles. The van der Waals surface area contributed by atoms with Gasteiger partial charge in [-0.15, -0.1) is 0 Å². The zero-order valence-corrected chi connectivity index (χ0v) is 8.43. The van der Waals surface area contributed by atoms with Gasteiger partial charge in [0.2, 0.25) is 0 Å². The minimum Gasteiger partial charge on any atom is -0.462 e. The van der Waals surface area contributed by atoms with E-state index < -0.39 is 0 Å². The van der Waals surface area contributed by atoms with E-state index in [9.17, 15) is 4.79 Å². The van der Waals surface area contributed by atoms with Crippen LogP contribution in [0.1, 0.15) is 17.3 Å². The van der Waals surface area contributed by atoms with E-state index in [1.54, 1.807) is 25.4 Å². The number of benzene rings is 1. The second-order valence-corrected chi connectivity index (χ2v) is 3.12. The Labute approximate surface area is 87.7 Å². The molecule has 0 saturated carbocycles. The fourth-order valence-corrected chi connectivity index (χ4v) is 1.50. The average molecular weight is 201 g/mol. The van der Waals surface area contributed by atoms with Crippen LogP contribution in [0.2, 0.25) is 0 Å². The van der Waals surface area contributed by atoms with Crippen LogP contribution >= 0.6 is 0 Å². The first kappa shape index (κ1) is 9.65. The molecule has 2 rings (SSSR count). The molecule has 0 saturated heterocycles. The van der Waals surface area contributed by atoms with E-state index >= 15 is 0 Å². The zero-order chi connectivity index (χ0) is 10.7. The molecule has 3 heteroatoms. The first-order valence-corrected chi connectivity index (χ1v) is 4.83. The second kappa shape index (κ2) is 4.09. The summed E-state index contributed by atoms with van der Waals surface area (Å²) in [4.78, 5) is 15.6. The first-order valence-electron chi connectivity index (χ1n) is 4.83. The minimum atomic E-state index is -0.295. The van der Waals surface area contributed by atoms with E-state index in [0.717, 1.165) is 10.8 Å². The van der Waals surface area contributed by atoms with Crippen molar-refractivity contribution in [1.82, 2.24) is 4.98 Å². The summed E-state index contributed by atoms with van der Waals surface area (Å²) in [5.74, 6) is -0.295. The molecular formula is C12H11NO2. The van der Waals surface area contributed by atoms with Crippen LogP contribution in [0.4, 0.5) is 0 Å². The van der Waals surface area contributed by atoms with Crippen LogP contribution in [0.15, 0.2) is 36.7 Å². The standard InChI is InChI=1S/C12H11NO2/c1-2-15-12(14)10-5-3-4-9-6-7-13-8-11(9)10/h3-8H,2H2,1H3. The van der Waals surface area contributed by atoms with Crippen molar-refractivity contribution in [2.24, 2.45) is 0 Å². The van der Waals surface area contributed by atoms with Crippen LogP contribution in [0, 0.1) is 0 Å². The lowest BCUT2D eigenvalue weighted by Gasteiger charge is -2.04. The van der Waals surface area contributed by atoms with Gasteiger partial charge in [-0.3, -0.25) is 4.98 Å². The summed E-state index contributed by atoms with van der Waals surface area (Å²) in [7, 11) is 0. The number of esters is 1. The molecule has 0 aliphatic heterocycles. The monoisotopic (exact) mass is 201 g/mol. The van der Waals surface area contributed by atoms with Crippen molar-refractivity contribution >= 4 is 16.7 Å². The van der Waals surface area contributed by atoms with Gasteiger partial charge >= 0.3 is 5.97 Å². The SMILES string of the molecule is CCOC(=O)c1cccc2ccncc12. The number of hydrogen-bond donors (Lipinski definition) is 0. The molecule has 3 nitrogen and oxygen atoms in total. The Hall–Kier alpha value is -1.90.